The lowest BCUT2D eigenvalue weighted by molar-refractivity contribution is -0.234. The molecule has 0 aromatic carbocycles. The number of nitrogens with zero attached hydrogens (tertiary/aromatic N) is 1. The number of imide groups is 1. The van der Waals surface area contributed by atoms with Crippen molar-refractivity contribution in [1.82, 2.24) is 4.90 Å². The van der Waals surface area contributed by atoms with Crippen LogP contribution in [0.5, 0.6) is 0 Å². The lowest BCUT2D eigenvalue weighted by Gasteiger charge is -2.50. The second-order valence-electron chi connectivity index (χ2n) is 7.47. The van der Waals surface area contributed by atoms with E-state index in [1.807, 2.05) is 0 Å². The second kappa shape index (κ2) is 8.90. The molecule has 2 amide bonds. The van der Waals surface area contributed by atoms with Gasteiger partial charge in [-0.25, -0.2) is 0 Å². The van der Waals surface area contributed by atoms with Gasteiger partial charge in [0, 0.05) is 13.3 Å². The molecule has 0 bridgehead atoms. The summed E-state index contributed by atoms with van der Waals surface area (Å²) < 4.78 is 10.2. The summed E-state index contributed by atoms with van der Waals surface area (Å²) in [4.78, 5) is 36.9. The number of carbonyl (C=O) groups is 3. The number of aliphatic hydroxyl groups excluding tert-OH is 3. The zero-order valence-electron chi connectivity index (χ0n) is 15.8. The minimum absolute atomic E-state index is 0.217. The zero-order valence-corrected chi connectivity index (χ0v) is 15.8. The van der Waals surface area contributed by atoms with Gasteiger partial charge in [0.25, 0.3) is 0 Å². The molecule has 5 atom stereocenters. The highest BCUT2D eigenvalue weighted by molar-refractivity contribution is 5.95. The molecule has 26 heavy (non-hydrogen) atoms. The predicted molar refractivity (Wildman–Crippen MR) is 89.8 cm³/mol. The van der Waals surface area contributed by atoms with Crippen LogP contribution in [0.25, 0.3) is 0 Å². The standard InChI is InChI=1S/C17H29NO8/c1-9(20)18(11(21)6-7-12(22)25-5)13-15(24)14(23)10(8-19)26-16(13)17(2,3)4/h10,13-16,19,23-24H,6-8H2,1-5H3. The van der Waals surface area contributed by atoms with Crippen LogP contribution in [0.1, 0.15) is 40.5 Å². The number of esters is 1. The molecule has 0 aliphatic carbocycles. The van der Waals surface area contributed by atoms with Crippen molar-refractivity contribution in [3.05, 3.63) is 0 Å². The van der Waals surface area contributed by atoms with Gasteiger partial charge < -0.3 is 24.8 Å². The molecule has 1 aliphatic heterocycles. The number of methoxy groups -OCH3 is 1. The van der Waals surface area contributed by atoms with E-state index in [1.54, 1.807) is 20.8 Å². The third-order valence-corrected chi connectivity index (χ3v) is 4.42. The fourth-order valence-corrected chi connectivity index (χ4v) is 3.09. The van der Waals surface area contributed by atoms with Crippen LogP contribution in [0.15, 0.2) is 0 Å². The van der Waals surface area contributed by atoms with Crippen LogP contribution in [0, 0.1) is 5.41 Å². The molecule has 150 valence electrons. The molecule has 0 aromatic heterocycles. The molecule has 9 nitrogen and oxygen atoms in total. The minimum Gasteiger partial charge on any atom is -0.469 e. The second-order valence-corrected chi connectivity index (χ2v) is 7.47. The van der Waals surface area contributed by atoms with Crippen molar-refractivity contribution in [3.63, 3.8) is 0 Å². The summed E-state index contributed by atoms with van der Waals surface area (Å²) in [6, 6.07) is -1.16. The Kier molecular flexibility index (Phi) is 7.70. The summed E-state index contributed by atoms with van der Waals surface area (Å²) in [5.74, 6) is -1.93. The van der Waals surface area contributed by atoms with E-state index in [1.165, 1.54) is 7.11 Å². The maximum absolute atomic E-state index is 12.6. The molecule has 0 saturated carbocycles. The van der Waals surface area contributed by atoms with Crippen molar-refractivity contribution in [2.75, 3.05) is 13.7 Å². The first kappa shape index (κ1) is 22.5. The van der Waals surface area contributed by atoms with Gasteiger partial charge in [-0.1, -0.05) is 20.8 Å². The molecule has 0 spiro atoms. The molecule has 1 fully saturated rings. The van der Waals surface area contributed by atoms with Crippen molar-refractivity contribution in [1.29, 1.82) is 0 Å². The van der Waals surface area contributed by atoms with Crippen LogP contribution in [0.2, 0.25) is 0 Å². The Morgan fingerprint density at radius 2 is 1.69 bits per heavy atom. The first-order valence-corrected chi connectivity index (χ1v) is 8.47. The molecule has 9 heteroatoms. The molecule has 1 heterocycles. The Morgan fingerprint density at radius 3 is 2.12 bits per heavy atom. The van der Waals surface area contributed by atoms with Gasteiger partial charge in [0.05, 0.1) is 32.3 Å². The summed E-state index contributed by atoms with van der Waals surface area (Å²) in [6.07, 6.45) is -5.35. The summed E-state index contributed by atoms with van der Waals surface area (Å²) >= 11 is 0. The van der Waals surface area contributed by atoms with Crippen LogP contribution in [-0.2, 0) is 23.9 Å². The van der Waals surface area contributed by atoms with Crippen LogP contribution >= 0.6 is 0 Å². The van der Waals surface area contributed by atoms with E-state index < -0.39 is 60.3 Å². The van der Waals surface area contributed by atoms with E-state index in [0.29, 0.717) is 0 Å². The molecule has 1 saturated heterocycles. The van der Waals surface area contributed by atoms with Crippen LogP contribution < -0.4 is 0 Å². The van der Waals surface area contributed by atoms with Gasteiger partial charge >= 0.3 is 5.97 Å². The Bertz CT molecular complexity index is 529. The first-order valence-electron chi connectivity index (χ1n) is 8.47. The average molecular weight is 375 g/mol. The van der Waals surface area contributed by atoms with Crippen molar-refractivity contribution in [2.45, 2.75) is 71.0 Å². The van der Waals surface area contributed by atoms with E-state index in [2.05, 4.69) is 4.74 Å². The highest BCUT2D eigenvalue weighted by Crippen LogP contribution is 2.36. The van der Waals surface area contributed by atoms with Crippen LogP contribution in [-0.4, -0.2) is 82.2 Å². The van der Waals surface area contributed by atoms with Gasteiger partial charge in [0.2, 0.25) is 11.8 Å². The van der Waals surface area contributed by atoms with E-state index in [0.717, 1.165) is 11.8 Å². The summed E-state index contributed by atoms with van der Waals surface area (Å²) in [5, 5.41) is 30.2. The number of hydrogen-bond acceptors (Lipinski definition) is 8. The van der Waals surface area contributed by atoms with E-state index in [-0.39, 0.29) is 12.8 Å². The fourth-order valence-electron chi connectivity index (χ4n) is 3.09. The lowest BCUT2D eigenvalue weighted by atomic mass is 9.78. The number of aliphatic hydroxyl groups is 3. The molecule has 0 aromatic rings. The number of hydrogen-bond donors (Lipinski definition) is 3. The smallest absolute Gasteiger partial charge is 0.306 e. The third-order valence-electron chi connectivity index (χ3n) is 4.42. The number of rotatable bonds is 5. The normalized spacial score (nSPS) is 29.2. The molecule has 0 radical (unpaired) electrons. The molecule has 1 rings (SSSR count). The Labute approximate surface area is 152 Å². The largest absolute Gasteiger partial charge is 0.469 e. The van der Waals surface area contributed by atoms with Gasteiger partial charge in [-0.05, 0) is 5.41 Å². The molecular weight excluding hydrogens is 346 g/mol. The molecule has 3 N–H and O–H groups in total. The number of amides is 2. The topological polar surface area (TPSA) is 134 Å². The van der Waals surface area contributed by atoms with Crippen LogP contribution in [0.3, 0.4) is 0 Å². The summed E-state index contributed by atoms with van der Waals surface area (Å²) in [5.41, 5.74) is -0.616. The van der Waals surface area contributed by atoms with Gasteiger partial charge in [0.1, 0.15) is 18.3 Å². The van der Waals surface area contributed by atoms with Crippen molar-refractivity contribution in [3.8, 4) is 0 Å². The van der Waals surface area contributed by atoms with E-state index >= 15 is 0 Å². The predicted octanol–water partition coefficient (Wildman–Crippen LogP) is -0.789. The van der Waals surface area contributed by atoms with Gasteiger partial charge in [-0.3, -0.25) is 19.3 Å². The van der Waals surface area contributed by atoms with Gasteiger partial charge in [-0.15, -0.1) is 0 Å². The lowest BCUT2D eigenvalue weighted by Crippen LogP contribution is -2.68. The van der Waals surface area contributed by atoms with Crippen LogP contribution in [0.4, 0.5) is 0 Å². The zero-order chi connectivity index (χ0) is 20.2. The Hall–Kier alpha value is -1.55. The molecule has 1 aliphatic rings. The van der Waals surface area contributed by atoms with Gasteiger partial charge in [-0.2, -0.15) is 0 Å². The summed E-state index contributed by atoms with van der Waals surface area (Å²) in [7, 11) is 1.19. The van der Waals surface area contributed by atoms with Crippen molar-refractivity contribution < 1.29 is 39.2 Å². The quantitative estimate of drug-likeness (QED) is 0.533. The first-order chi connectivity index (χ1) is 11.9. The maximum atomic E-state index is 12.6. The third kappa shape index (κ3) is 5.00. The SMILES string of the molecule is COC(=O)CCC(=O)N(C(C)=O)C1C(O)C(O)C(CO)OC1C(C)(C)C. The maximum Gasteiger partial charge on any atom is 0.306 e. The monoisotopic (exact) mass is 375 g/mol. The number of carbonyl (C=O) groups excluding carboxylic acids is 3. The van der Waals surface area contributed by atoms with Crippen molar-refractivity contribution >= 4 is 17.8 Å². The number of ether oxygens (including phenoxy) is 2. The van der Waals surface area contributed by atoms with Crippen molar-refractivity contribution in [2.24, 2.45) is 5.41 Å². The highest BCUT2D eigenvalue weighted by atomic mass is 16.5. The Morgan fingerprint density at radius 1 is 1.12 bits per heavy atom. The average Bonchev–Trinajstić information content (AvgIpc) is 2.55. The van der Waals surface area contributed by atoms with E-state index in [4.69, 9.17) is 4.74 Å². The Balaban J connectivity index is 3.20. The molecular formula is C17H29NO8. The minimum atomic E-state index is -1.50. The molecule has 5 unspecified atom stereocenters. The summed E-state index contributed by atoms with van der Waals surface area (Å²) in [6.45, 7) is 6.02. The van der Waals surface area contributed by atoms with Gasteiger partial charge in [0.15, 0.2) is 0 Å². The fraction of sp³-hybridized carbons (Fsp3) is 0.824. The van der Waals surface area contributed by atoms with E-state index in [9.17, 15) is 29.7 Å². The highest BCUT2D eigenvalue weighted by Gasteiger charge is 2.52.